The number of ether oxygens (including phenoxy) is 3. The average molecular weight is 378 g/mol. The van der Waals surface area contributed by atoms with E-state index in [-0.39, 0.29) is 6.79 Å². The van der Waals surface area contributed by atoms with Crippen molar-refractivity contribution in [2.24, 2.45) is 10.7 Å². The minimum atomic E-state index is 0.236. The highest BCUT2D eigenvalue weighted by atomic mass is 79.9. The van der Waals surface area contributed by atoms with Crippen LogP contribution in [0.1, 0.15) is 5.56 Å². The highest BCUT2D eigenvalue weighted by Gasteiger charge is 2.17. The molecule has 0 unspecified atom stereocenters. The molecule has 0 saturated carbocycles. The van der Waals surface area contributed by atoms with Crippen LogP contribution in [-0.2, 0) is 6.54 Å². The number of hydrogen-bond donors (Lipinski definition) is 2. The number of nitrogens with one attached hydrogen (secondary N) is 1. The van der Waals surface area contributed by atoms with Gasteiger partial charge >= 0.3 is 0 Å². The Morgan fingerprint density at radius 1 is 1.35 bits per heavy atom. The number of hydrogen-bond acceptors (Lipinski definition) is 4. The number of rotatable bonds is 4. The fourth-order valence-corrected chi connectivity index (χ4v) is 2.78. The molecule has 0 amide bonds. The van der Waals surface area contributed by atoms with Gasteiger partial charge in [0.1, 0.15) is 5.75 Å². The van der Waals surface area contributed by atoms with Gasteiger partial charge in [-0.3, -0.25) is 0 Å². The molecule has 1 aliphatic heterocycles. The lowest BCUT2D eigenvalue weighted by atomic mass is 10.2. The predicted octanol–water partition coefficient (Wildman–Crippen LogP) is 3.11. The lowest BCUT2D eigenvalue weighted by molar-refractivity contribution is 0.173. The van der Waals surface area contributed by atoms with Crippen molar-refractivity contribution in [3.8, 4) is 17.2 Å². The quantitative estimate of drug-likeness (QED) is 0.632. The molecule has 0 spiro atoms. The zero-order valence-corrected chi connectivity index (χ0v) is 14.1. The summed E-state index contributed by atoms with van der Waals surface area (Å²) in [6.45, 7) is 0.665. The van der Waals surface area contributed by atoms with Gasteiger partial charge in [-0.25, -0.2) is 4.99 Å². The maximum Gasteiger partial charge on any atom is 0.231 e. The van der Waals surface area contributed by atoms with E-state index >= 15 is 0 Å². The molecule has 2 aromatic rings. The summed E-state index contributed by atoms with van der Waals surface area (Å²) in [6.07, 6.45) is 0. The van der Waals surface area contributed by atoms with E-state index in [1.165, 1.54) is 0 Å². The molecule has 0 radical (unpaired) electrons. The Bertz CT molecular complexity index is 749. The van der Waals surface area contributed by atoms with Crippen LogP contribution in [0.3, 0.4) is 0 Å². The monoisotopic (exact) mass is 377 g/mol. The van der Waals surface area contributed by atoms with Crippen LogP contribution in [0.5, 0.6) is 17.2 Å². The predicted molar refractivity (Wildman–Crippen MR) is 92.2 cm³/mol. The summed E-state index contributed by atoms with van der Waals surface area (Å²) in [4.78, 5) is 4.34. The van der Waals surface area contributed by atoms with E-state index in [1.807, 2.05) is 36.4 Å². The van der Waals surface area contributed by atoms with Crippen LogP contribution in [0.2, 0.25) is 0 Å². The molecule has 6 nitrogen and oxygen atoms in total. The number of nitrogens with zero attached hydrogens (tertiary/aromatic N) is 1. The lowest BCUT2D eigenvalue weighted by Gasteiger charge is -2.08. The first kappa shape index (κ1) is 15.5. The Balaban J connectivity index is 1.68. The molecule has 0 bridgehead atoms. The SMILES string of the molecule is COc1cccc(NC(N)=NCc2cc(Br)c3c(c2)OCO3)c1. The molecule has 0 aliphatic carbocycles. The van der Waals surface area contributed by atoms with Gasteiger partial charge in [-0.2, -0.15) is 0 Å². The highest BCUT2D eigenvalue weighted by Crippen LogP contribution is 2.40. The van der Waals surface area contributed by atoms with Gasteiger partial charge < -0.3 is 25.3 Å². The summed E-state index contributed by atoms with van der Waals surface area (Å²) >= 11 is 3.46. The molecular weight excluding hydrogens is 362 g/mol. The molecule has 0 fully saturated rings. The molecule has 23 heavy (non-hydrogen) atoms. The van der Waals surface area contributed by atoms with E-state index in [0.717, 1.165) is 27.2 Å². The molecule has 7 heteroatoms. The van der Waals surface area contributed by atoms with Crippen molar-refractivity contribution in [1.29, 1.82) is 0 Å². The summed E-state index contributed by atoms with van der Waals surface area (Å²) in [6, 6.07) is 11.3. The maximum absolute atomic E-state index is 5.93. The first-order valence-electron chi connectivity index (χ1n) is 6.95. The van der Waals surface area contributed by atoms with Crippen molar-refractivity contribution in [3.63, 3.8) is 0 Å². The first-order chi connectivity index (χ1) is 11.2. The number of benzene rings is 2. The molecule has 120 valence electrons. The van der Waals surface area contributed by atoms with E-state index in [0.29, 0.717) is 18.3 Å². The third-order valence-corrected chi connectivity index (χ3v) is 3.85. The second kappa shape index (κ2) is 6.78. The molecule has 1 heterocycles. The van der Waals surface area contributed by atoms with Crippen LogP contribution in [0, 0.1) is 0 Å². The van der Waals surface area contributed by atoms with Crippen LogP contribution in [0.15, 0.2) is 45.9 Å². The second-order valence-electron chi connectivity index (χ2n) is 4.87. The van der Waals surface area contributed by atoms with Crippen molar-refractivity contribution < 1.29 is 14.2 Å². The number of halogens is 1. The number of nitrogens with two attached hydrogens (primary N) is 1. The second-order valence-corrected chi connectivity index (χ2v) is 5.72. The van der Waals surface area contributed by atoms with E-state index < -0.39 is 0 Å². The highest BCUT2D eigenvalue weighted by molar-refractivity contribution is 9.10. The van der Waals surface area contributed by atoms with Crippen LogP contribution in [0.25, 0.3) is 0 Å². The molecule has 0 aromatic heterocycles. The number of fused-ring (bicyclic) bond motifs is 1. The number of guanidine groups is 1. The molecular formula is C16H16BrN3O3. The van der Waals surface area contributed by atoms with Crippen molar-refractivity contribution in [2.45, 2.75) is 6.54 Å². The summed E-state index contributed by atoms with van der Waals surface area (Å²) in [5, 5.41) is 3.03. The van der Waals surface area contributed by atoms with Crippen molar-refractivity contribution in [3.05, 3.63) is 46.4 Å². The van der Waals surface area contributed by atoms with E-state index in [4.69, 9.17) is 19.9 Å². The number of methoxy groups -OCH3 is 1. The van der Waals surface area contributed by atoms with Gasteiger partial charge in [0.15, 0.2) is 17.5 Å². The van der Waals surface area contributed by atoms with Crippen molar-refractivity contribution in [2.75, 3.05) is 19.2 Å². The van der Waals surface area contributed by atoms with Gasteiger partial charge in [-0.15, -0.1) is 0 Å². The van der Waals surface area contributed by atoms with Gasteiger partial charge in [0.05, 0.1) is 18.1 Å². The average Bonchev–Trinajstić information content (AvgIpc) is 3.02. The third kappa shape index (κ3) is 3.68. The first-order valence-corrected chi connectivity index (χ1v) is 7.74. The summed E-state index contributed by atoms with van der Waals surface area (Å²) < 4.78 is 16.8. The minimum Gasteiger partial charge on any atom is -0.497 e. The van der Waals surface area contributed by atoms with Gasteiger partial charge in [-0.1, -0.05) is 6.07 Å². The minimum absolute atomic E-state index is 0.236. The van der Waals surface area contributed by atoms with E-state index in [9.17, 15) is 0 Å². The van der Waals surface area contributed by atoms with Gasteiger partial charge in [-0.05, 0) is 45.8 Å². The molecule has 3 N–H and O–H groups in total. The van der Waals surface area contributed by atoms with Crippen LogP contribution in [-0.4, -0.2) is 19.9 Å². The van der Waals surface area contributed by atoms with Crippen LogP contribution in [0.4, 0.5) is 5.69 Å². The van der Waals surface area contributed by atoms with Crippen LogP contribution >= 0.6 is 15.9 Å². The van der Waals surface area contributed by atoms with Gasteiger partial charge in [0.2, 0.25) is 6.79 Å². The Hall–Kier alpha value is -2.41. The Morgan fingerprint density at radius 3 is 3.04 bits per heavy atom. The lowest BCUT2D eigenvalue weighted by Crippen LogP contribution is -2.22. The summed E-state index contributed by atoms with van der Waals surface area (Å²) in [5.74, 6) is 2.51. The zero-order chi connectivity index (χ0) is 16.2. The van der Waals surface area contributed by atoms with Gasteiger partial charge in [0.25, 0.3) is 0 Å². The molecule has 0 atom stereocenters. The third-order valence-electron chi connectivity index (χ3n) is 3.26. The number of aliphatic imine (C=N–C) groups is 1. The van der Waals surface area contributed by atoms with Crippen molar-refractivity contribution in [1.82, 2.24) is 0 Å². The Labute approximate surface area is 142 Å². The van der Waals surface area contributed by atoms with E-state index in [2.05, 4.69) is 26.2 Å². The number of anilines is 1. The fraction of sp³-hybridized carbons (Fsp3) is 0.188. The normalized spacial score (nSPS) is 13.0. The maximum atomic E-state index is 5.93. The van der Waals surface area contributed by atoms with E-state index in [1.54, 1.807) is 7.11 Å². The summed E-state index contributed by atoms with van der Waals surface area (Å²) in [5.41, 5.74) is 7.71. The summed E-state index contributed by atoms with van der Waals surface area (Å²) in [7, 11) is 1.62. The molecule has 0 saturated heterocycles. The topological polar surface area (TPSA) is 78.1 Å². The van der Waals surface area contributed by atoms with Crippen molar-refractivity contribution >= 4 is 27.6 Å². The molecule has 1 aliphatic rings. The largest absolute Gasteiger partial charge is 0.497 e. The Kier molecular flexibility index (Phi) is 4.57. The molecule has 2 aromatic carbocycles. The standard InChI is InChI=1S/C16H16BrN3O3/c1-21-12-4-2-3-11(7-12)20-16(18)19-8-10-5-13(17)15-14(6-10)22-9-23-15/h2-7H,8-9H2,1H3,(H3,18,19,20). The Morgan fingerprint density at radius 2 is 2.22 bits per heavy atom. The molecule has 3 rings (SSSR count). The zero-order valence-electron chi connectivity index (χ0n) is 12.5. The van der Waals surface area contributed by atoms with Gasteiger partial charge in [0, 0.05) is 11.8 Å². The fourth-order valence-electron chi connectivity index (χ4n) is 2.18. The smallest absolute Gasteiger partial charge is 0.231 e. The van der Waals surface area contributed by atoms with Crippen LogP contribution < -0.4 is 25.3 Å².